The second-order valence-electron chi connectivity index (χ2n) is 3.40. The van der Waals surface area contributed by atoms with Crippen molar-refractivity contribution < 1.29 is 13.1 Å². The molecule has 1 heterocycles. The van der Waals surface area contributed by atoms with Crippen LogP contribution in [-0.2, 0) is 15.8 Å². The summed E-state index contributed by atoms with van der Waals surface area (Å²) in [5.41, 5.74) is 0.436. The Labute approximate surface area is 85.7 Å². The van der Waals surface area contributed by atoms with E-state index in [4.69, 9.17) is 8.92 Å². The van der Waals surface area contributed by atoms with Gasteiger partial charge in [0.1, 0.15) is 5.75 Å². The van der Waals surface area contributed by atoms with Crippen molar-refractivity contribution in [1.29, 1.82) is 0 Å². The minimum absolute atomic E-state index is 0.0405. The lowest BCUT2D eigenvalue weighted by molar-refractivity contribution is 0.0569. The minimum Gasteiger partial charge on any atom is -0.398 e. The van der Waals surface area contributed by atoms with Gasteiger partial charge in [0.25, 0.3) is 0 Å². The Hall–Kier alpha value is -0.870. The lowest BCUT2D eigenvalue weighted by Crippen LogP contribution is -2.12. The standard InChI is InChI=1S/C10H12O3S/c1-7(2)12-10-8-5-3-4-6-9(8)13-14(10)11/h3-7,10H,1-2H3. The molecule has 14 heavy (non-hydrogen) atoms. The second kappa shape index (κ2) is 3.71. The van der Waals surface area contributed by atoms with E-state index < -0.39 is 16.5 Å². The van der Waals surface area contributed by atoms with Crippen LogP contribution in [-0.4, -0.2) is 10.3 Å². The van der Waals surface area contributed by atoms with Crippen LogP contribution in [0.3, 0.4) is 0 Å². The summed E-state index contributed by atoms with van der Waals surface area (Å²) in [7, 11) is 0. The third-order valence-electron chi connectivity index (χ3n) is 1.92. The van der Waals surface area contributed by atoms with Gasteiger partial charge in [0, 0.05) is 5.56 Å². The molecule has 0 saturated heterocycles. The molecule has 1 aliphatic rings. The Kier molecular flexibility index (Phi) is 2.56. The molecule has 2 atom stereocenters. The predicted octanol–water partition coefficient (Wildman–Crippen LogP) is 2.17. The molecule has 1 aromatic rings. The summed E-state index contributed by atoms with van der Waals surface area (Å²) in [5.74, 6) is 0.663. The molecule has 1 aromatic carbocycles. The maximum atomic E-state index is 11.5. The number of hydrogen-bond acceptors (Lipinski definition) is 3. The Morgan fingerprint density at radius 2 is 2.14 bits per heavy atom. The number of ether oxygens (including phenoxy) is 1. The van der Waals surface area contributed by atoms with E-state index in [0.717, 1.165) is 5.56 Å². The van der Waals surface area contributed by atoms with Gasteiger partial charge < -0.3 is 8.92 Å². The van der Waals surface area contributed by atoms with Gasteiger partial charge in [-0.2, -0.15) is 0 Å². The molecule has 3 nitrogen and oxygen atoms in total. The van der Waals surface area contributed by atoms with Crippen molar-refractivity contribution >= 4 is 11.1 Å². The fraction of sp³-hybridized carbons (Fsp3) is 0.400. The fourth-order valence-corrected chi connectivity index (χ4v) is 2.48. The molecule has 1 aliphatic heterocycles. The Morgan fingerprint density at radius 3 is 2.86 bits per heavy atom. The summed E-state index contributed by atoms with van der Waals surface area (Å²) >= 11 is -1.40. The van der Waals surface area contributed by atoms with Crippen LogP contribution in [0, 0.1) is 0 Å². The van der Waals surface area contributed by atoms with E-state index in [1.807, 2.05) is 32.0 Å². The smallest absolute Gasteiger partial charge is 0.241 e. The number of benzene rings is 1. The summed E-state index contributed by atoms with van der Waals surface area (Å²) in [6, 6.07) is 7.43. The molecule has 0 amide bonds. The van der Waals surface area contributed by atoms with Crippen LogP contribution < -0.4 is 4.18 Å². The number of hydrogen-bond donors (Lipinski definition) is 0. The monoisotopic (exact) mass is 212 g/mol. The first-order chi connectivity index (χ1) is 6.68. The summed E-state index contributed by atoms with van der Waals surface area (Å²) in [6.45, 7) is 3.83. The van der Waals surface area contributed by atoms with E-state index in [1.54, 1.807) is 6.07 Å². The first-order valence-electron chi connectivity index (χ1n) is 4.52. The molecule has 0 fully saturated rings. The maximum absolute atomic E-state index is 11.5. The molecular weight excluding hydrogens is 200 g/mol. The molecule has 0 spiro atoms. The van der Waals surface area contributed by atoms with E-state index in [0.29, 0.717) is 5.75 Å². The Balaban J connectivity index is 2.30. The molecule has 0 N–H and O–H groups in total. The Morgan fingerprint density at radius 1 is 1.43 bits per heavy atom. The van der Waals surface area contributed by atoms with Crippen molar-refractivity contribution in [3.63, 3.8) is 0 Å². The topological polar surface area (TPSA) is 35.5 Å². The van der Waals surface area contributed by atoms with Gasteiger partial charge in [0.2, 0.25) is 11.1 Å². The molecule has 0 aromatic heterocycles. The van der Waals surface area contributed by atoms with Crippen molar-refractivity contribution in [3.8, 4) is 5.75 Å². The fourth-order valence-electron chi connectivity index (χ4n) is 1.35. The summed E-state index contributed by atoms with van der Waals surface area (Å²) < 4.78 is 22.2. The zero-order chi connectivity index (χ0) is 10.1. The lowest BCUT2D eigenvalue weighted by atomic mass is 10.2. The van der Waals surface area contributed by atoms with Crippen LogP contribution in [0.5, 0.6) is 5.75 Å². The highest BCUT2D eigenvalue weighted by Gasteiger charge is 2.33. The second-order valence-corrected chi connectivity index (χ2v) is 4.51. The summed E-state index contributed by atoms with van der Waals surface area (Å²) in [6.07, 6.45) is 0.0405. The molecule has 2 rings (SSSR count). The van der Waals surface area contributed by atoms with Crippen molar-refractivity contribution in [3.05, 3.63) is 29.8 Å². The molecule has 4 heteroatoms. The van der Waals surface area contributed by atoms with Gasteiger partial charge in [-0.25, -0.2) is 4.21 Å². The van der Waals surface area contributed by atoms with E-state index >= 15 is 0 Å². The Bertz CT molecular complexity index is 362. The highest BCUT2D eigenvalue weighted by molar-refractivity contribution is 7.81. The molecule has 76 valence electrons. The largest absolute Gasteiger partial charge is 0.398 e. The molecule has 2 unspecified atom stereocenters. The van der Waals surface area contributed by atoms with Crippen LogP contribution in [0.2, 0.25) is 0 Å². The average molecular weight is 212 g/mol. The number of rotatable bonds is 2. The lowest BCUT2D eigenvalue weighted by Gasteiger charge is -2.12. The van der Waals surface area contributed by atoms with E-state index in [9.17, 15) is 4.21 Å². The van der Waals surface area contributed by atoms with Gasteiger partial charge >= 0.3 is 0 Å². The van der Waals surface area contributed by atoms with Crippen LogP contribution in [0.15, 0.2) is 24.3 Å². The van der Waals surface area contributed by atoms with Crippen molar-refractivity contribution in [2.24, 2.45) is 0 Å². The molecule has 0 bridgehead atoms. The normalized spacial score (nSPS) is 24.8. The molecule has 0 radical (unpaired) electrons. The molecule has 0 saturated carbocycles. The van der Waals surface area contributed by atoms with Crippen LogP contribution >= 0.6 is 0 Å². The van der Waals surface area contributed by atoms with Gasteiger partial charge in [0.15, 0.2) is 5.44 Å². The van der Waals surface area contributed by atoms with E-state index in [1.165, 1.54) is 0 Å². The van der Waals surface area contributed by atoms with Crippen molar-refractivity contribution in [2.75, 3.05) is 0 Å². The van der Waals surface area contributed by atoms with E-state index in [-0.39, 0.29) is 6.10 Å². The minimum atomic E-state index is -1.40. The zero-order valence-electron chi connectivity index (χ0n) is 8.10. The predicted molar refractivity (Wildman–Crippen MR) is 54.2 cm³/mol. The van der Waals surface area contributed by atoms with Gasteiger partial charge in [-0.05, 0) is 19.9 Å². The SMILES string of the molecule is CC(C)OC1c2ccccc2OS1=O. The third-order valence-corrected chi connectivity index (χ3v) is 2.97. The quantitative estimate of drug-likeness (QED) is 0.753. The van der Waals surface area contributed by atoms with Crippen LogP contribution in [0.25, 0.3) is 0 Å². The highest BCUT2D eigenvalue weighted by atomic mass is 32.2. The van der Waals surface area contributed by atoms with Crippen LogP contribution in [0.1, 0.15) is 24.8 Å². The highest BCUT2D eigenvalue weighted by Crippen LogP contribution is 2.38. The summed E-state index contributed by atoms with van der Waals surface area (Å²) in [4.78, 5) is 0. The average Bonchev–Trinajstić information content (AvgIpc) is 2.43. The van der Waals surface area contributed by atoms with Gasteiger partial charge in [0.05, 0.1) is 6.10 Å². The first-order valence-corrected chi connectivity index (χ1v) is 5.65. The molecule has 0 aliphatic carbocycles. The van der Waals surface area contributed by atoms with Crippen LogP contribution in [0.4, 0.5) is 0 Å². The van der Waals surface area contributed by atoms with Crippen molar-refractivity contribution in [1.82, 2.24) is 0 Å². The molecular formula is C10H12O3S. The number of fused-ring (bicyclic) bond motifs is 1. The first kappa shape index (κ1) is 9.68. The van der Waals surface area contributed by atoms with Gasteiger partial charge in [-0.1, -0.05) is 18.2 Å². The van der Waals surface area contributed by atoms with Gasteiger partial charge in [-0.15, -0.1) is 0 Å². The third kappa shape index (κ3) is 1.67. The summed E-state index contributed by atoms with van der Waals surface area (Å²) in [5, 5.41) is 0. The number of para-hydroxylation sites is 1. The maximum Gasteiger partial charge on any atom is 0.241 e. The zero-order valence-corrected chi connectivity index (χ0v) is 8.91. The van der Waals surface area contributed by atoms with Crippen molar-refractivity contribution in [2.45, 2.75) is 25.4 Å². The van der Waals surface area contributed by atoms with E-state index in [2.05, 4.69) is 0 Å². The van der Waals surface area contributed by atoms with Gasteiger partial charge in [-0.3, -0.25) is 0 Å².